The van der Waals surface area contributed by atoms with Crippen molar-refractivity contribution in [3.63, 3.8) is 0 Å². The molecule has 0 radical (unpaired) electrons. The number of aryl methyl sites for hydroxylation is 1. The summed E-state index contributed by atoms with van der Waals surface area (Å²) in [5.41, 5.74) is 1.89. The zero-order valence-electron chi connectivity index (χ0n) is 19.4. The molecule has 7 nitrogen and oxygen atoms in total. The molecule has 2 aromatic rings. The Hall–Kier alpha value is -2.43. The molecule has 2 aliphatic rings. The zero-order chi connectivity index (χ0) is 22.6. The van der Waals surface area contributed by atoms with Crippen LogP contribution in [0.1, 0.15) is 81.7 Å². The molecule has 0 saturated heterocycles. The van der Waals surface area contributed by atoms with Gasteiger partial charge in [-0.05, 0) is 37.5 Å². The number of alkyl halides is 3. The summed E-state index contributed by atoms with van der Waals surface area (Å²) in [6, 6.07) is 3.94. The summed E-state index contributed by atoms with van der Waals surface area (Å²) >= 11 is 0. The number of fused-ring (bicyclic) bond motifs is 1. The van der Waals surface area contributed by atoms with Crippen molar-refractivity contribution in [1.82, 2.24) is 19.9 Å². The number of hydrogen-bond donors (Lipinski definition) is 2. The number of nitrogens with one attached hydrogen (secondary N) is 1. The first-order valence-electron chi connectivity index (χ1n) is 10.4. The molecule has 2 aromatic heterocycles. The van der Waals surface area contributed by atoms with Crippen molar-refractivity contribution in [3.8, 4) is 11.5 Å². The number of aromatic nitrogens is 3. The minimum absolute atomic E-state index is 0. The summed E-state index contributed by atoms with van der Waals surface area (Å²) in [5, 5.41) is 12.2. The Bertz CT molecular complexity index is 907. The van der Waals surface area contributed by atoms with Crippen molar-refractivity contribution >= 4 is 6.08 Å². The number of halogens is 3. The predicted octanol–water partition coefficient (Wildman–Crippen LogP) is 3.96. The average molecular weight is 461 g/mol. The van der Waals surface area contributed by atoms with Crippen LogP contribution in [0.5, 0.6) is 0 Å². The molecule has 3 heterocycles. The van der Waals surface area contributed by atoms with Crippen LogP contribution >= 0.6 is 0 Å². The van der Waals surface area contributed by atoms with Crippen molar-refractivity contribution in [1.29, 1.82) is 0 Å². The Kier molecular flexibility index (Phi) is 11.1. The minimum Gasteiger partial charge on any atom is -0.412 e. The third kappa shape index (κ3) is 6.30. The van der Waals surface area contributed by atoms with Crippen LogP contribution in [0.3, 0.4) is 0 Å². The summed E-state index contributed by atoms with van der Waals surface area (Å²) in [6.07, 6.45) is -1.67. The molecule has 182 valence electrons. The largest absolute Gasteiger partial charge is 0.431 e. The smallest absolute Gasteiger partial charge is 0.412 e. The van der Waals surface area contributed by atoms with Crippen LogP contribution < -0.4 is 5.32 Å². The molecule has 32 heavy (non-hydrogen) atoms. The molecular formula is C22H35F3N4O3. The van der Waals surface area contributed by atoms with Gasteiger partial charge in [0.05, 0.1) is 11.4 Å². The van der Waals surface area contributed by atoms with Crippen molar-refractivity contribution in [2.24, 2.45) is 7.05 Å². The molecule has 1 fully saturated rings. The van der Waals surface area contributed by atoms with Gasteiger partial charge < -0.3 is 25.9 Å². The molecule has 1 unspecified atom stereocenters. The SMILES string of the molecule is CC.CCC.Cc1ccc(C2CC2)nc1-c1nc2c(n1C)C(O)NC(C(F)(F)F)=C2.O.O. The van der Waals surface area contributed by atoms with Crippen LogP contribution in [0, 0.1) is 6.92 Å². The highest BCUT2D eigenvalue weighted by Gasteiger charge is 2.39. The highest BCUT2D eigenvalue weighted by molar-refractivity contribution is 5.64. The van der Waals surface area contributed by atoms with E-state index in [1.165, 1.54) is 6.42 Å². The van der Waals surface area contributed by atoms with Gasteiger partial charge in [0.1, 0.15) is 11.4 Å². The predicted molar refractivity (Wildman–Crippen MR) is 120 cm³/mol. The molecule has 4 rings (SSSR count). The van der Waals surface area contributed by atoms with Crippen LogP contribution in [0.25, 0.3) is 17.6 Å². The van der Waals surface area contributed by atoms with Crippen molar-refractivity contribution < 1.29 is 29.2 Å². The van der Waals surface area contributed by atoms with Crippen molar-refractivity contribution in [2.45, 2.75) is 72.2 Å². The average Bonchev–Trinajstić information content (AvgIpc) is 3.48. The number of pyridine rings is 1. The molecule has 0 aromatic carbocycles. The lowest BCUT2D eigenvalue weighted by Crippen LogP contribution is -2.33. The molecule has 1 saturated carbocycles. The molecular weight excluding hydrogens is 425 g/mol. The number of rotatable bonds is 2. The van der Waals surface area contributed by atoms with E-state index in [-0.39, 0.29) is 16.6 Å². The summed E-state index contributed by atoms with van der Waals surface area (Å²) in [5.74, 6) is 0.906. The molecule has 1 aliphatic carbocycles. The van der Waals surface area contributed by atoms with Gasteiger partial charge >= 0.3 is 6.18 Å². The van der Waals surface area contributed by atoms with Crippen molar-refractivity contribution in [3.05, 3.63) is 40.5 Å². The summed E-state index contributed by atoms with van der Waals surface area (Å²) in [6.45, 7) is 10.1. The van der Waals surface area contributed by atoms with E-state index in [1.54, 1.807) is 11.6 Å². The molecule has 0 bridgehead atoms. The lowest BCUT2D eigenvalue weighted by Gasteiger charge is -2.23. The molecule has 0 amide bonds. The Morgan fingerprint density at radius 1 is 1.12 bits per heavy atom. The fourth-order valence-corrected chi connectivity index (χ4v) is 3.11. The van der Waals surface area contributed by atoms with E-state index < -0.39 is 18.1 Å². The van der Waals surface area contributed by atoms with Crippen LogP contribution in [-0.2, 0) is 7.05 Å². The van der Waals surface area contributed by atoms with Gasteiger partial charge in [0.25, 0.3) is 0 Å². The monoisotopic (exact) mass is 460 g/mol. The number of aliphatic hydroxyl groups is 1. The summed E-state index contributed by atoms with van der Waals surface area (Å²) < 4.78 is 40.5. The standard InChI is InChI=1S/C17H17F3N4O.C3H8.C2H6.2H2O/c1-8-3-6-10(9-4-5-9)21-13(8)15-22-11-7-12(17(18,19)20)23-16(25)14(11)24(15)2;1-3-2;1-2;;/h3,6-7,9,16,23,25H,4-5H2,1-2H3;3H2,1-2H3;1-2H3;2*1H2. The van der Waals surface area contributed by atoms with E-state index >= 15 is 0 Å². The normalized spacial score (nSPS) is 16.4. The van der Waals surface area contributed by atoms with E-state index in [4.69, 9.17) is 0 Å². The molecule has 10 heteroatoms. The van der Waals surface area contributed by atoms with Crippen LogP contribution in [-0.4, -0.2) is 36.8 Å². The second kappa shape index (κ2) is 12.0. The quantitative estimate of drug-likeness (QED) is 0.703. The first-order valence-corrected chi connectivity index (χ1v) is 10.4. The molecule has 6 N–H and O–H groups in total. The third-order valence-electron chi connectivity index (χ3n) is 4.63. The summed E-state index contributed by atoms with van der Waals surface area (Å²) in [7, 11) is 1.67. The van der Waals surface area contributed by atoms with E-state index in [0.29, 0.717) is 23.1 Å². The molecule has 0 spiro atoms. The highest BCUT2D eigenvalue weighted by Crippen LogP contribution is 2.40. The van der Waals surface area contributed by atoms with Crippen molar-refractivity contribution in [2.75, 3.05) is 0 Å². The van der Waals surface area contributed by atoms with Gasteiger partial charge in [-0.2, -0.15) is 13.2 Å². The first-order chi connectivity index (χ1) is 14.2. The van der Waals surface area contributed by atoms with Gasteiger partial charge in [-0.25, -0.2) is 9.97 Å². The maximum Gasteiger partial charge on any atom is 0.431 e. The van der Waals surface area contributed by atoms with E-state index in [1.807, 2.05) is 32.9 Å². The van der Waals surface area contributed by atoms with Crippen LogP contribution in [0.4, 0.5) is 13.2 Å². The van der Waals surface area contributed by atoms with Gasteiger partial charge in [0.15, 0.2) is 12.1 Å². The van der Waals surface area contributed by atoms with Crippen LogP contribution in [0.15, 0.2) is 17.8 Å². The summed E-state index contributed by atoms with van der Waals surface area (Å²) in [4.78, 5) is 9.01. The minimum atomic E-state index is -4.57. The maximum absolute atomic E-state index is 13.0. The fraction of sp³-hybridized carbons (Fsp3) is 0.545. The van der Waals surface area contributed by atoms with Gasteiger partial charge in [0, 0.05) is 18.7 Å². The topological polar surface area (TPSA) is 126 Å². The number of aliphatic hydroxyl groups excluding tert-OH is 1. The second-order valence-electron chi connectivity index (χ2n) is 7.25. The lowest BCUT2D eigenvalue weighted by molar-refractivity contribution is -0.101. The van der Waals surface area contributed by atoms with Gasteiger partial charge in [-0.1, -0.05) is 40.2 Å². The number of allylic oxidation sites excluding steroid dienone is 1. The zero-order valence-corrected chi connectivity index (χ0v) is 19.4. The van der Waals surface area contributed by atoms with Gasteiger partial charge in [-0.15, -0.1) is 0 Å². The first kappa shape index (κ1) is 29.6. The van der Waals surface area contributed by atoms with E-state index in [2.05, 4.69) is 29.1 Å². The van der Waals surface area contributed by atoms with Gasteiger partial charge in [0.2, 0.25) is 0 Å². The number of imidazole rings is 1. The third-order valence-corrected chi connectivity index (χ3v) is 4.63. The van der Waals surface area contributed by atoms with E-state index in [0.717, 1.165) is 30.2 Å². The highest BCUT2D eigenvalue weighted by atomic mass is 19.4. The Balaban J connectivity index is 0.00000127. The second-order valence-corrected chi connectivity index (χ2v) is 7.25. The molecule has 1 atom stereocenters. The Morgan fingerprint density at radius 3 is 2.19 bits per heavy atom. The maximum atomic E-state index is 13.0. The van der Waals surface area contributed by atoms with Crippen LogP contribution in [0.2, 0.25) is 0 Å². The Morgan fingerprint density at radius 2 is 1.69 bits per heavy atom. The lowest BCUT2D eigenvalue weighted by atomic mass is 10.1. The molecule has 1 aliphatic heterocycles. The van der Waals surface area contributed by atoms with Gasteiger partial charge in [-0.3, -0.25) is 0 Å². The van der Waals surface area contributed by atoms with E-state index in [9.17, 15) is 18.3 Å². The number of hydrogen-bond acceptors (Lipinski definition) is 4. The fourth-order valence-electron chi connectivity index (χ4n) is 3.11. The number of nitrogens with zero attached hydrogens (tertiary/aromatic N) is 3. The Labute approximate surface area is 187 Å².